The summed E-state index contributed by atoms with van der Waals surface area (Å²) in [5.41, 5.74) is 0.713. The fraction of sp³-hybridized carbons (Fsp3) is 0.423. The van der Waals surface area contributed by atoms with E-state index in [0.717, 1.165) is 11.3 Å². The van der Waals surface area contributed by atoms with Gasteiger partial charge in [-0.05, 0) is 55.2 Å². The van der Waals surface area contributed by atoms with Crippen LogP contribution in [0.25, 0.3) is 10.2 Å². The number of hydrogen-bond donors (Lipinski definition) is 0. The van der Waals surface area contributed by atoms with Crippen LogP contribution in [0, 0.1) is 11.8 Å². The van der Waals surface area contributed by atoms with Crippen LogP contribution in [0.5, 0.6) is 0 Å². The van der Waals surface area contributed by atoms with Crippen molar-refractivity contribution in [3.63, 3.8) is 0 Å². The number of aromatic nitrogens is 1. The van der Waals surface area contributed by atoms with Gasteiger partial charge in [-0.25, -0.2) is 8.42 Å². The largest absolute Gasteiger partial charge is 0.465 e. The van der Waals surface area contributed by atoms with E-state index in [1.54, 1.807) is 19.1 Å². The summed E-state index contributed by atoms with van der Waals surface area (Å²) in [6.07, 6.45) is 0. The van der Waals surface area contributed by atoms with Gasteiger partial charge in [0.1, 0.15) is 6.54 Å². The minimum atomic E-state index is -3.73. The van der Waals surface area contributed by atoms with Crippen molar-refractivity contribution in [2.45, 2.75) is 46.1 Å². The van der Waals surface area contributed by atoms with Gasteiger partial charge in [0.15, 0.2) is 4.80 Å². The predicted molar refractivity (Wildman–Crippen MR) is 151 cm³/mol. The first-order chi connectivity index (χ1) is 17.8. The highest BCUT2D eigenvalue weighted by atomic mass is 35.5. The molecule has 12 heteroatoms. The molecule has 38 heavy (non-hydrogen) atoms. The molecule has 1 heterocycles. The molecule has 3 rings (SSSR count). The van der Waals surface area contributed by atoms with Crippen LogP contribution in [0.2, 0.25) is 10.0 Å². The number of hydrogen-bond acceptors (Lipinski definition) is 6. The Labute approximate surface area is 236 Å². The molecule has 0 radical (unpaired) electrons. The Balaban J connectivity index is 2.00. The van der Waals surface area contributed by atoms with Crippen LogP contribution >= 0.6 is 34.5 Å². The van der Waals surface area contributed by atoms with Gasteiger partial charge in [0.05, 0.1) is 26.7 Å². The molecule has 1 amide bonds. The molecule has 0 saturated heterocycles. The van der Waals surface area contributed by atoms with E-state index < -0.39 is 21.9 Å². The number of halogens is 2. The molecule has 2 aromatic carbocycles. The predicted octanol–water partition coefficient (Wildman–Crippen LogP) is 5.62. The second kappa shape index (κ2) is 12.7. The normalized spacial score (nSPS) is 12.7. The minimum Gasteiger partial charge on any atom is -0.465 e. The number of carbonyl (C=O) groups excluding carboxylic acids is 2. The zero-order valence-electron chi connectivity index (χ0n) is 21.9. The van der Waals surface area contributed by atoms with Gasteiger partial charge in [0, 0.05) is 23.7 Å². The third-order valence-electron chi connectivity index (χ3n) is 5.36. The van der Waals surface area contributed by atoms with Crippen LogP contribution in [0.15, 0.2) is 46.3 Å². The monoisotopic (exact) mass is 599 g/mol. The van der Waals surface area contributed by atoms with Crippen molar-refractivity contribution in [1.29, 1.82) is 0 Å². The van der Waals surface area contributed by atoms with Crippen molar-refractivity contribution < 1.29 is 22.7 Å². The van der Waals surface area contributed by atoms with E-state index in [4.69, 9.17) is 27.9 Å². The van der Waals surface area contributed by atoms with Gasteiger partial charge >= 0.3 is 5.97 Å². The highest BCUT2D eigenvalue weighted by Crippen LogP contribution is 2.30. The average Bonchev–Trinajstić information content (AvgIpc) is 3.14. The molecule has 8 nitrogen and oxygen atoms in total. The molecule has 0 fully saturated rings. The Morgan fingerprint density at radius 3 is 2.21 bits per heavy atom. The average molecular weight is 601 g/mol. The van der Waals surface area contributed by atoms with E-state index in [9.17, 15) is 18.0 Å². The molecule has 0 aliphatic carbocycles. The van der Waals surface area contributed by atoms with Crippen molar-refractivity contribution in [1.82, 2.24) is 8.87 Å². The molecule has 0 N–H and O–H groups in total. The van der Waals surface area contributed by atoms with Crippen molar-refractivity contribution in [3.8, 4) is 0 Å². The molecule has 206 valence electrons. The summed E-state index contributed by atoms with van der Waals surface area (Å²) in [6, 6.07) is 8.94. The highest BCUT2D eigenvalue weighted by Gasteiger charge is 2.26. The van der Waals surface area contributed by atoms with Crippen molar-refractivity contribution in [2.24, 2.45) is 16.8 Å². The molecule has 3 aromatic rings. The maximum absolute atomic E-state index is 13.3. The molecule has 0 aliphatic rings. The summed E-state index contributed by atoms with van der Waals surface area (Å²) in [5, 5.41) is 0.717. The first-order valence-electron chi connectivity index (χ1n) is 12.2. The van der Waals surface area contributed by atoms with Crippen molar-refractivity contribution >= 4 is 66.7 Å². The number of nitrogens with zero attached hydrogens (tertiary/aromatic N) is 3. The maximum atomic E-state index is 13.3. The topological polar surface area (TPSA) is 98.0 Å². The number of sulfonamides is 1. The Morgan fingerprint density at radius 1 is 1.05 bits per heavy atom. The number of benzene rings is 2. The molecule has 0 saturated carbocycles. The summed E-state index contributed by atoms with van der Waals surface area (Å²) < 4.78 is 35.3. The lowest BCUT2D eigenvalue weighted by atomic mass is 10.2. The SMILES string of the molecule is CCOC(=O)Cn1c(=NC(=O)c2ccc(S(=O)(=O)N(CC(C)C)CC(C)C)cc2)sc2cc(Cl)cc(Cl)c21. The Bertz CT molecular complexity index is 1480. The molecule has 0 unspecified atom stereocenters. The molecule has 0 spiro atoms. The molecular weight excluding hydrogens is 569 g/mol. The van der Waals surface area contributed by atoms with Gasteiger partial charge in [-0.3, -0.25) is 9.59 Å². The van der Waals surface area contributed by atoms with Crippen LogP contribution in [-0.4, -0.2) is 48.9 Å². The summed E-state index contributed by atoms with van der Waals surface area (Å²) >= 11 is 13.7. The Kier molecular flexibility index (Phi) is 10.2. The molecule has 0 atom stereocenters. The van der Waals surface area contributed by atoms with Crippen molar-refractivity contribution in [2.75, 3.05) is 19.7 Å². The van der Waals surface area contributed by atoms with E-state index in [1.807, 2.05) is 27.7 Å². The van der Waals surface area contributed by atoms with Crippen LogP contribution in [0.4, 0.5) is 0 Å². The highest BCUT2D eigenvalue weighted by molar-refractivity contribution is 7.89. The van der Waals surface area contributed by atoms with E-state index in [0.29, 0.717) is 33.4 Å². The summed E-state index contributed by atoms with van der Waals surface area (Å²) in [4.78, 5) is 29.9. The van der Waals surface area contributed by atoms with Crippen LogP contribution < -0.4 is 4.80 Å². The number of amides is 1. The first kappa shape index (κ1) is 30.3. The van der Waals surface area contributed by atoms with Gasteiger partial charge in [-0.2, -0.15) is 9.30 Å². The standard InChI is InChI=1S/C26H31Cl2N3O5S2/c1-6-36-23(32)15-31-24-21(28)11-19(27)12-22(24)37-26(31)29-25(33)18-7-9-20(10-8-18)38(34,35)30(13-16(2)3)14-17(4)5/h7-12,16-17H,6,13-15H2,1-5H3. The lowest BCUT2D eigenvalue weighted by Gasteiger charge is -2.25. The maximum Gasteiger partial charge on any atom is 0.326 e. The molecule has 1 aromatic heterocycles. The number of carbonyl (C=O) groups is 2. The minimum absolute atomic E-state index is 0.107. The quantitative estimate of drug-likeness (QED) is 0.282. The van der Waals surface area contributed by atoms with Gasteiger partial charge in [0.2, 0.25) is 10.0 Å². The van der Waals surface area contributed by atoms with Gasteiger partial charge in [-0.15, -0.1) is 0 Å². The molecular formula is C26H31Cl2N3O5S2. The second-order valence-electron chi connectivity index (χ2n) is 9.56. The third-order valence-corrected chi connectivity index (χ3v) is 8.74. The number of thiazole rings is 1. The zero-order chi connectivity index (χ0) is 28.2. The van der Waals surface area contributed by atoms with Gasteiger partial charge in [-0.1, -0.05) is 62.2 Å². The smallest absolute Gasteiger partial charge is 0.326 e. The lowest BCUT2D eigenvalue weighted by Crippen LogP contribution is -2.37. The van der Waals surface area contributed by atoms with Crippen LogP contribution in [0.1, 0.15) is 45.0 Å². The summed E-state index contributed by atoms with van der Waals surface area (Å²) in [7, 11) is -3.73. The molecule has 0 aliphatic heterocycles. The fourth-order valence-electron chi connectivity index (χ4n) is 3.85. The second-order valence-corrected chi connectivity index (χ2v) is 13.4. The summed E-state index contributed by atoms with van der Waals surface area (Å²) in [5.74, 6) is -0.779. The lowest BCUT2D eigenvalue weighted by molar-refractivity contribution is -0.143. The van der Waals surface area contributed by atoms with E-state index in [2.05, 4.69) is 4.99 Å². The van der Waals surface area contributed by atoms with E-state index >= 15 is 0 Å². The first-order valence-corrected chi connectivity index (χ1v) is 15.2. The van der Waals surface area contributed by atoms with Crippen LogP contribution in [0.3, 0.4) is 0 Å². The number of fused-ring (bicyclic) bond motifs is 1. The number of rotatable bonds is 10. The molecule has 0 bridgehead atoms. The van der Waals surface area contributed by atoms with E-state index in [1.165, 1.54) is 33.1 Å². The number of esters is 1. The zero-order valence-corrected chi connectivity index (χ0v) is 25.0. The Morgan fingerprint density at radius 2 is 1.66 bits per heavy atom. The van der Waals surface area contributed by atoms with Crippen LogP contribution in [-0.2, 0) is 26.1 Å². The van der Waals surface area contributed by atoms with E-state index in [-0.39, 0.29) is 40.2 Å². The fourth-order valence-corrected chi connectivity index (χ4v) is 7.43. The van der Waals surface area contributed by atoms with Crippen molar-refractivity contribution in [3.05, 3.63) is 56.8 Å². The Hall–Kier alpha value is -2.24. The number of ether oxygens (including phenoxy) is 1. The van der Waals surface area contributed by atoms with Gasteiger partial charge in [0.25, 0.3) is 5.91 Å². The third kappa shape index (κ3) is 7.24. The van der Waals surface area contributed by atoms with Gasteiger partial charge < -0.3 is 9.30 Å². The summed E-state index contributed by atoms with van der Waals surface area (Å²) in [6.45, 7) is 10.4.